The minimum absolute atomic E-state index is 0.0402. The number of rotatable bonds is 4. The predicted octanol–water partition coefficient (Wildman–Crippen LogP) is 0.962. The summed E-state index contributed by atoms with van der Waals surface area (Å²) in [5.74, 6) is 0.489. The summed E-state index contributed by atoms with van der Waals surface area (Å²) in [6, 6.07) is 0. The molecule has 1 fully saturated rings. The summed E-state index contributed by atoms with van der Waals surface area (Å²) in [6.07, 6.45) is 6.22. The van der Waals surface area contributed by atoms with Gasteiger partial charge >= 0.3 is 0 Å². The molecule has 6 nitrogen and oxygen atoms in total. The van der Waals surface area contributed by atoms with Gasteiger partial charge in [0.2, 0.25) is 11.5 Å². The van der Waals surface area contributed by atoms with Crippen LogP contribution >= 0.6 is 0 Å². The standard InChI is InChI=1S/C10H16N4O2/c11-9-8(13-16-14-9)10(15)12-6-5-7-3-1-2-4-7/h7H,1-6H2,(H2,11,14)(H,12,15). The molecule has 1 aromatic rings. The third kappa shape index (κ3) is 2.50. The minimum atomic E-state index is -0.309. The lowest BCUT2D eigenvalue weighted by Gasteiger charge is -2.08. The van der Waals surface area contributed by atoms with Gasteiger partial charge in [0, 0.05) is 6.54 Å². The average Bonchev–Trinajstić information content (AvgIpc) is 2.88. The van der Waals surface area contributed by atoms with Crippen LogP contribution in [0.5, 0.6) is 0 Å². The van der Waals surface area contributed by atoms with Crippen LogP contribution in [0, 0.1) is 5.92 Å². The smallest absolute Gasteiger partial charge is 0.277 e. The molecule has 1 aliphatic rings. The van der Waals surface area contributed by atoms with Crippen LogP contribution in [0.3, 0.4) is 0 Å². The second-order valence-corrected chi connectivity index (χ2v) is 4.19. The lowest BCUT2D eigenvalue weighted by atomic mass is 10.0. The number of carbonyl (C=O) groups excluding carboxylic acids is 1. The van der Waals surface area contributed by atoms with Crippen LogP contribution in [-0.4, -0.2) is 22.8 Å². The molecule has 1 aliphatic carbocycles. The van der Waals surface area contributed by atoms with E-state index in [9.17, 15) is 4.79 Å². The van der Waals surface area contributed by atoms with E-state index >= 15 is 0 Å². The van der Waals surface area contributed by atoms with Crippen molar-refractivity contribution in [2.24, 2.45) is 5.92 Å². The number of carbonyl (C=O) groups is 1. The number of nitrogen functional groups attached to an aromatic ring is 1. The first-order valence-corrected chi connectivity index (χ1v) is 5.63. The molecular formula is C10H16N4O2. The molecule has 0 bridgehead atoms. The van der Waals surface area contributed by atoms with Gasteiger partial charge in [0.05, 0.1) is 0 Å². The highest BCUT2D eigenvalue weighted by Gasteiger charge is 2.17. The molecule has 0 aliphatic heterocycles. The molecule has 0 saturated heterocycles. The van der Waals surface area contributed by atoms with Gasteiger partial charge in [-0.25, -0.2) is 4.63 Å². The van der Waals surface area contributed by atoms with E-state index in [1.165, 1.54) is 25.7 Å². The van der Waals surface area contributed by atoms with Crippen molar-refractivity contribution < 1.29 is 9.42 Å². The maximum absolute atomic E-state index is 11.5. The highest BCUT2D eigenvalue weighted by molar-refractivity contribution is 5.95. The molecule has 1 saturated carbocycles. The molecule has 2 rings (SSSR count). The molecule has 88 valence electrons. The number of nitrogens with zero attached hydrogens (tertiary/aromatic N) is 2. The Morgan fingerprint density at radius 3 is 2.81 bits per heavy atom. The molecule has 6 heteroatoms. The van der Waals surface area contributed by atoms with Crippen molar-refractivity contribution in [3.05, 3.63) is 5.69 Å². The van der Waals surface area contributed by atoms with Gasteiger partial charge in [-0.05, 0) is 22.7 Å². The number of amides is 1. The molecule has 1 aromatic heterocycles. The number of anilines is 1. The Morgan fingerprint density at radius 1 is 1.44 bits per heavy atom. The molecule has 0 atom stereocenters. The Bertz CT molecular complexity index is 357. The van der Waals surface area contributed by atoms with Crippen LogP contribution in [-0.2, 0) is 0 Å². The zero-order valence-electron chi connectivity index (χ0n) is 9.11. The Morgan fingerprint density at radius 2 is 2.19 bits per heavy atom. The van der Waals surface area contributed by atoms with Crippen molar-refractivity contribution in [1.82, 2.24) is 15.6 Å². The third-order valence-electron chi connectivity index (χ3n) is 3.04. The largest absolute Gasteiger partial charge is 0.379 e. The maximum atomic E-state index is 11.5. The maximum Gasteiger partial charge on any atom is 0.277 e. The Labute approximate surface area is 93.5 Å². The van der Waals surface area contributed by atoms with Gasteiger partial charge in [0.25, 0.3) is 5.91 Å². The van der Waals surface area contributed by atoms with Crippen molar-refractivity contribution in [2.75, 3.05) is 12.3 Å². The number of nitrogens with two attached hydrogens (primary N) is 1. The van der Waals surface area contributed by atoms with Crippen LogP contribution < -0.4 is 11.1 Å². The first-order chi connectivity index (χ1) is 7.77. The van der Waals surface area contributed by atoms with E-state index in [0.29, 0.717) is 6.54 Å². The number of aromatic nitrogens is 2. The van der Waals surface area contributed by atoms with E-state index in [0.717, 1.165) is 12.3 Å². The number of hydrogen-bond donors (Lipinski definition) is 2. The SMILES string of the molecule is Nc1nonc1C(=O)NCCC1CCCC1. The highest BCUT2D eigenvalue weighted by atomic mass is 16.6. The summed E-state index contributed by atoms with van der Waals surface area (Å²) >= 11 is 0. The zero-order chi connectivity index (χ0) is 11.4. The van der Waals surface area contributed by atoms with Gasteiger partial charge in [-0.2, -0.15) is 0 Å². The molecule has 1 heterocycles. The van der Waals surface area contributed by atoms with Crippen LogP contribution in [0.25, 0.3) is 0 Å². The van der Waals surface area contributed by atoms with Gasteiger partial charge in [-0.1, -0.05) is 25.7 Å². The van der Waals surface area contributed by atoms with Crippen molar-refractivity contribution in [1.29, 1.82) is 0 Å². The molecule has 3 N–H and O–H groups in total. The van der Waals surface area contributed by atoms with Crippen LogP contribution in [0.4, 0.5) is 5.82 Å². The Hall–Kier alpha value is -1.59. The molecule has 1 amide bonds. The quantitative estimate of drug-likeness (QED) is 0.794. The van der Waals surface area contributed by atoms with Gasteiger partial charge in [0.15, 0.2) is 0 Å². The fourth-order valence-corrected chi connectivity index (χ4v) is 2.13. The van der Waals surface area contributed by atoms with E-state index in [1.807, 2.05) is 0 Å². The van der Waals surface area contributed by atoms with Crippen LogP contribution in [0.1, 0.15) is 42.6 Å². The molecule has 0 unspecified atom stereocenters. The average molecular weight is 224 g/mol. The minimum Gasteiger partial charge on any atom is -0.379 e. The summed E-state index contributed by atoms with van der Waals surface area (Å²) in [4.78, 5) is 11.5. The summed E-state index contributed by atoms with van der Waals surface area (Å²) in [5, 5.41) is 9.57. The van der Waals surface area contributed by atoms with Crippen molar-refractivity contribution in [3.63, 3.8) is 0 Å². The predicted molar refractivity (Wildman–Crippen MR) is 57.6 cm³/mol. The monoisotopic (exact) mass is 224 g/mol. The Balaban J connectivity index is 1.73. The van der Waals surface area contributed by atoms with Crippen molar-refractivity contribution in [2.45, 2.75) is 32.1 Å². The molecule has 16 heavy (non-hydrogen) atoms. The second-order valence-electron chi connectivity index (χ2n) is 4.19. The van der Waals surface area contributed by atoms with E-state index in [2.05, 4.69) is 20.3 Å². The normalized spacial score (nSPS) is 16.5. The molecule has 0 aromatic carbocycles. The summed E-state index contributed by atoms with van der Waals surface area (Å²) in [7, 11) is 0. The molecular weight excluding hydrogens is 208 g/mol. The first kappa shape index (κ1) is 10.9. The lowest BCUT2D eigenvalue weighted by molar-refractivity contribution is 0.0942. The van der Waals surface area contributed by atoms with Gasteiger partial charge in [-0.3, -0.25) is 4.79 Å². The van der Waals surface area contributed by atoms with Crippen LogP contribution in [0.15, 0.2) is 4.63 Å². The fourth-order valence-electron chi connectivity index (χ4n) is 2.13. The topological polar surface area (TPSA) is 94.0 Å². The Kier molecular flexibility index (Phi) is 3.38. The summed E-state index contributed by atoms with van der Waals surface area (Å²) in [6.45, 7) is 0.662. The first-order valence-electron chi connectivity index (χ1n) is 5.63. The van der Waals surface area contributed by atoms with E-state index in [4.69, 9.17) is 5.73 Å². The zero-order valence-corrected chi connectivity index (χ0v) is 9.11. The van der Waals surface area contributed by atoms with E-state index in [-0.39, 0.29) is 17.4 Å². The second kappa shape index (κ2) is 4.96. The number of hydrogen-bond acceptors (Lipinski definition) is 5. The van der Waals surface area contributed by atoms with Gasteiger partial charge in [-0.15, -0.1) is 0 Å². The molecule has 0 radical (unpaired) electrons. The van der Waals surface area contributed by atoms with Crippen LogP contribution in [0.2, 0.25) is 0 Å². The van der Waals surface area contributed by atoms with Gasteiger partial charge in [0.1, 0.15) is 0 Å². The van der Waals surface area contributed by atoms with E-state index < -0.39 is 0 Å². The fraction of sp³-hybridized carbons (Fsp3) is 0.700. The van der Waals surface area contributed by atoms with Crippen molar-refractivity contribution >= 4 is 11.7 Å². The van der Waals surface area contributed by atoms with E-state index in [1.54, 1.807) is 0 Å². The summed E-state index contributed by atoms with van der Waals surface area (Å²) in [5.41, 5.74) is 5.48. The third-order valence-corrected chi connectivity index (χ3v) is 3.04. The highest BCUT2D eigenvalue weighted by Crippen LogP contribution is 2.26. The van der Waals surface area contributed by atoms with Gasteiger partial charge < -0.3 is 11.1 Å². The number of nitrogens with one attached hydrogen (secondary N) is 1. The molecule has 0 spiro atoms. The van der Waals surface area contributed by atoms with Crippen molar-refractivity contribution in [3.8, 4) is 0 Å². The summed E-state index contributed by atoms with van der Waals surface area (Å²) < 4.78 is 4.36. The lowest BCUT2D eigenvalue weighted by Crippen LogP contribution is -2.26.